The van der Waals surface area contributed by atoms with Gasteiger partial charge in [-0.15, -0.1) is 10.2 Å². The molecule has 3 amide bonds. The molecule has 2 N–H and O–H groups in total. The van der Waals surface area contributed by atoms with Gasteiger partial charge < -0.3 is 19.7 Å². The van der Waals surface area contributed by atoms with Gasteiger partial charge in [-0.2, -0.15) is 0 Å². The van der Waals surface area contributed by atoms with Gasteiger partial charge in [0.25, 0.3) is 0 Å². The van der Waals surface area contributed by atoms with Crippen LogP contribution in [0.1, 0.15) is 32.6 Å². The monoisotopic (exact) mass is 440 g/mol. The lowest BCUT2D eigenvalue weighted by Crippen LogP contribution is -2.41. The lowest BCUT2D eigenvalue weighted by molar-refractivity contribution is -0.117. The van der Waals surface area contributed by atoms with Crippen molar-refractivity contribution in [1.29, 1.82) is 0 Å². The molecular weight excluding hydrogens is 408 g/mol. The summed E-state index contributed by atoms with van der Waals surface area (Å²) >= 11 is 1.28. The van der Waals surface area contributed by atoms with E-state index >= 15 is 0 Å². The van der Waals surface area contributed by atoms with Crippen molar-refractivity contribution >= 4 is 29.6 Å². The first kappa shape index (κ1) is 22.8. The zero-order chi connectivity index (χ0) is 21.3. The summed E-state index contributed by atoms with van der Waals surface area (Å²) in [5.41, 5.74) is 0. The Hall–Kier alpha value is -1.85. The lowest BCUT2D eigenvalue weighted by Gasteiger charge is -2.31. The fourth-order valence-corrected chi connectivity index (χ4v) is 4.33. The van der Waals surface area contributed by atoms with Gasteiger partial charge in [0, 0.05) is 33.4 Å². The number of methoxy groups -OCH3 is 1. The van der Waals surface area contributed by atoms with Crippen LogP contribution < -0.4 is 15.5 Å². The number of piperidine rings is 1. The van der Waals surface area contributed by atoms with Crippen molar-refractivity contribution in [2.45, 2.75) is 50.4 Å². The van der Waals surface area contributed by atoms with Gasteiger partial charge in [0.1, 0.15) is 0 Å². The average Bonchev–Trinajstić information content (AvgIpc) is 3.38. The van der Waals surface area contributed by atoms with Gasteiger partial charge in [-0.05, 0) is 31.6 Å². The highest BCUT2D eigenvalue weighted by Crippen LogP contribution is 2.27. The third-order valence-corrected chi connectivity index (χ3v) is 6.32. The second-order valence-corrected chi connectivity index (χ2v) is 8.73. The second-order valence-electron chi connectivity index (χ2n) is 7.78. The molecule has 0 aromatic carbocycles. The summed E-state index contributed by atoms with van der Waals surface area (Å²) in [6, 6.07) is -0.526. The van der Waals surface area contributed by atoms with E-state index in [0.29, 0.717) is 24.9 Å². The van der Waals surface area contributed by atoms with E-state index in [0.717, 1.165) is 57.2 Å². The predicted molar refractivity (Wildman–Crippen MR) is 114 cm³/mol. The molecule has 0 saturated carbocycles. The molecule has 3 rings (SSSR count). The van der Waals surface area contributed by atoms with Crippen LogP contribution in [-0.2, 0) is 20.8 Å². The molecule has 0 bridgehead atoms. The molecule has 1 unspecified atom stereocenters. The van der Waals surface area contributed by atoms with Crippen LogP contribution in [0.5, 0.6) is 0 Å². The largest absolute Gasteiger partial charge is 0.383 e. The lowest BCUT2D eigenvalue weighted by atomic mass is 10.00. The molecule has 2 fully saturated rings. The molecule has 2 saturated heterocycles. The number of carbonyl (C=O) groups is 2. The Morgan fingerprint density at radius 1 is 1.27 bits per heavy atom. The summed E-state index contributed by atoms with van der Waals surface area (Å²) in [4.78, 5) is 26.1. The average molecular weight is 441 g/mol. The number of nitrogens with zero attached hydrogens (tertiary/aromatic N) is 4. The van der Waals surface area contributed by atoms with Gasteiger partial charge in [0.15, 0.2) is 5.16 Å². The summed E-state index contributed by atoms with van der Waals surface area (Å²) in [6.07, 6.45) is 4.49. The Bertz CT molecular complexity index is 701. The summed E-state index contributed by atoms with van der Waals surface area (Å²) in [5.74, 6) is 1.27. The molecule has 11 heteroatoms. The number of anilines is 1. The number of carbonyl (C=O) groups excluding carboxylic acids is 2. The number of amides is 3. The number of nitrogens with one attached hydrogen (secondary N) is 2. The number of thioether (sulfide) groups is 1. The topological polar surface area (TPSA) is 111 Å². The second kappa shape index (κ2) is 11.5. The molecule has 2 aliphatic heterocycles. The van der Waals surface area contributed by atoms with E-state index < -0.39 is 6.03 Å². The molecule has 1 aromatic heterocycles. The molecular formula is C19H32N6O4S. The van der Waals surface area contributed by atoms with Gasteiger partial charge in [-0.1, -0.05) is 18.7 Å². The molecule has 0 radical (unpaired) electrons. The maximum absolute atomic E-state index is 12.1. The molecule has 2 aliphatic rings. The van der Waals surface area contributed by atoms with E-state index in [1.54, 1.807) is 7.11 Å². The van der Waals surface area contributed by atoms with Crippen molar-refractivity contribution in [3.63, 3.8) is 0 Å². The van der Waals surface area contributed by atoms with Crippen LogP contribution in [0, 0.1) is 5.92 Å². The van der Waals surface area contributed by atoms with Gasteiger partial charge in [-0.25, -0.2) is 4.79 Å². The summed E-state index contributed by atoms with van der Waals surface area (Å²) in [5, 5.41) is 14.3. The summed E-state index contributed by atoms with van der Waals surface area (Å²) in [7, 11) is 1.55. The van der Waals surface area contributed by atoms with E-state index in [1.165, 1.54) is 11.8 Å². The molecule has 0 spiro atoms. The van der Waals surface area contributed by atoms with Crippen LogP contribution in [0.25, 0.3) is 0 Å². The summed E-state index contributed by atoms with van der Waals surface area (Å²) < 4.78 is 12.8. The molecule has 3 heterocycles. The Kier molecular flexibility index (Phi) is 8.76. The van der Waals surface area contributed by atoms with Crippen molar-refractivity contribution in [1.82, 2.24) is 25.4 Å². The minimum Gasteiger partial charge on any atom is -0.383 e. The van der Waals surface area contributed by atoms with Crippen LogP contribution in [0.4, 0.5) is 10.7 Å². The molecule has 1 aromatic rings. The highest BCUT2D eigenvalue weighted by Gasteiger charge is 2.26. The highest BCUT2D eigenvalue weighted by atomic mass is 32.2. The van der Waals surface area contributed by atoms with E-state index in [2.05, 4.69) is 37.2 Å². The normalized spacial score (nSPS) is 19.8. The highest BCUT2D eigenvalue weighted by molar-refractivity contribution is 7.99. The van der Waals surface area contributed by atoms with Gasteiger partial charge in [0.05, 0.1) is 25.0 Å². The smallest absolute Gasteiger partial charge is 0.321 e. The van der Waals surface area contributed by atoms with Crippen LogP contribution in [0.2, 0.25) is 0 Å². The van der Waals surface area contributed by atoms with Crippen LogP contribution >= 0.6 is 11.8 Å². The third kappa shape index (κ3) is 6.58. The summed E-state index contributed by atoms with van der Waals surface area (Å²) in [6.45, 7) is 6.38. The van der Waals surface area contributed by atoms with Gasteiger partial charge >= 0.3 is 6.03 Å². The SMILES string of the molecule is COCCNC(=O)NC(=O)CSc1nnc(N2CCC(C)CC2)n1CC1CCCO1. The van der Waals surface area contributed by atoms with E-state index in [4.69, 9.17) is 9.47 Å². The van der Waals surface area contributed by atoms with E-state index in [-0.39, 0.29) is 17.8 Å². The van der Waals surface area contributed by atoms with Crippen LogP contribution in [0.3, 0.4) is 0 Å². The van der Waals surface area contributed by atoms with Crippen LogP contribution in [0.15, 0.2) is 5.16 Å². The molecule has 10 nitrogen and oxygen atoms in total. The number of ether oxygens (including phenoxy) is 2. The first-order chi connectivity index (χ1) is 14.6. The Labute approximate surface area is 181 Å². The Balaban J connectivity index is 1.60. The standard InChI is InChI=1S/C19H32N6O4S/c1-14-5-8-24(9-6-14)18-22-23-19(25(18)12-15-4-3-10-29-15)30-13-16(26)21-17(27)20-7-11-28-2/h14-15H,3-13H2,1-2H3,(H2,20,21,26,27). The third-order valence-electron chi connectivity index (χ3n) is 5.35. The number of hydrogen-bond acceptors (Lipinski definition) is 8. The Morgan fingerprint density at radius 3 is 2.77 bits per heavy atom. The number of aromatic nitrogens is 3. The minimum atomic E-state index is -0.526. The first-order valence-electron chi connectivity index (χ1n) is 10.6. The number of hydrogen-bond donors (Lipinski definition) is 2. The first-order valence-corrected chi connectivity index (χ1v) is 11.5. The molecule has 0 aliphatic carbocycles. The fourth-order valence-electron chi connectivity index (χ4n) is 3.59. The van der Waals surface area contributed by atoms with Crippen molar-refractivity contribution in [3.8, 4) is 0 Å². The number of urea groups is 1. The quantitative estimate of drug-likeness (QED) is 0.436. The van der Waals surface area contributed by atoms with Crippen molar-refractivity contribution in [2.24, 2.45) is 5.92 Å². The van der Waals surface area contributed by atoms with Crippen molar-refractivity contribution < 1.29 is 19.1 Å². The van der Waals surface area contributed by atoms with Gasteiger partial charge in [-0.3, -0.25) is 14.7 Å². The molecule has 30 heavy (non-hydrogen) atoms. The minimum absolute atomic E-state index is 0.0817. The van der Waals surface area contributed by atoms with Crippen LogP contribution in [-0.4, -0.2) is 78.5 Å². The maximum atomic E-state index is 12.1. The Morgan fingerprint density at radius 2 is 2.07 bits per heavy atom. The molecule has 168 valence electrons. The zero-order valence-electron chi connectivity index (χ0n) is 17.8. The fraction of sp³-hybridized carbons (Fsp3) is 0.789. The van der Waals surface area contributed by atoms with Crippen molar-refractivity contribution in [3.05, 3.63) is 0 Å². The van der Waals surface area contributed by atoms with E-state index in [1.807, 2.05) is 0 Å². The predicted octanol–water partition coefficient (Wildman–Crippen LogP) is 1.26. The number of rotatable bonds is 9. The number of imide groups is 1. The zero-order valence-corrected chi connectivity index (χ0v) is 18.6. The maximum Gasteiger partial charge on any atom is 0.321 e. The van der Waals surface area contributed by atoms with E-state index in [9.17, 15) is 9.59 Å². The van der Waals surface area contributed by atoms with Crippen molar-refractivity contribution in [2.75, 3.05) is 50.6 Å². The molecule has 1 atom stereocenters. The van der Waals surface area contributed by atoms with Gasteiger partial charge in [0.2, 0.25) is 11.9 Å².